The first-order chi connectivity index (χ1) is 9.12. The zero-order valence-corrected chi connectivity index (χ0v) is 12.9. The number of likely N-dealkylation sites (tertiary alicyclic amines) is 1. The third-order valence-corrected chi connectivity index (χ3v) is 5.23. The molecule has 2 atom stereocenters. The molecule has 0 bridgehead atoms. The van der Waals surface area contributed by atoms with E-state index in [0.717, 1.165) is 26.1 Å². The number of amides is 1. The van der Waals surface area contributed by atoms with Gasteiger partial charge in [-0.2, -0.15) is 0 Å². The molecule has 2 heterocycles. The molecule has 0 aromatic rings. The van der Waals surface area contributed by atoms with Crippen molar-refractivity contribution in [3.63, 3.8) is 0 Å². The Hall–Kier alpha value is -0.570. The van der Waals surface area contributed by atoms with Crippen molar-refractivity contribution in [2.24, 2.45) is 11.3 Å². The normalized spacial score (nSPS) is 32.0. The highest BCUT2D eigenvalue weighted by molar-refractivity contribution is 5.84. The predicted octanol–water partition coefficient (Wildman–Crippen LogP) is 2.80. The van der Waals surface area contributed by atoms with Gasteiger partial charge in [-0.3, -0.25) is 4.79 Å². The minimum absolute atomic E-state index is 0.136. The van der Waals surface area contributed by atoms with Crippen molar-refractivity contribution in [3.05, 3.63) is 0 Å². The van der Waals surface area contributed by atoms with Crippen molar-refractivity contribution < 1.29 is 4.79 Å². The molecule has 1 N–H and O–H groups in total. The fourth-order valence-electron chi connectivity index (χ4n) is 3.82. The molecule has 0 radical (unpaired) electrons. The fourth-order valence-corrected chi connectivity index (χ4v) is 3.82. The highest BCUT2D eigenvalue weighted by Crippen LogP contribution is 2.38. The van der Waals surface area contributed by atoms with Crippen LogP contribution in [-0.2, 0) is 4.79 Å². The minimum atomic E-state index is -0.136. The Balaban J connectivity index is 2.15. The first kappa shape index (κ1) is 14.8. The minimum Gasteiger partial charge on any atom is -0.339 e. The van der Waals surface area contributed by atoms with Crippen molar-refractivity contribution in [1.82, 2.24) is 10.2 Å². The van der Waals surface area contributed by atoms with Crippen LogP contribution < -0.4 is 5.32 Å². The number of rotatable bonds is 4. The van der Waals surface area contributed by atoms with Crippen LogP contribution in [0, 0.1) is 11.3 Å². The maximum absolute atomic E-state index is 13.1. The lowest BCUT2D eigenvalue weighted by Gasteiger charge is -2.43. The van der Waals surface area contributed by atoms with Crippen LogP contribution in [0.3, 0.4) is 0 Å². The molecule has 0 aromatic heterocycles. The van der Waals surface area contributed by atoms with Crippen molar-refractivity contribution >= 4 is 5.91 Å². The van der Waals surface area contributed by atoms with Gasteiger partial charge in [0.05, 0.1) is 5.41 Å². The van der Waals surface area contributed by atoms with Gasteiger partial charge in [-0.1, -0.05) is 27.2 Å². The van der Waals surface area contributed by atoms with Crippen LogP contribution in [0.1, 0.15) is 59.3 Å². The Morgan fingerprint density at radius 3 is 2.79 bits per heavy atom. The Morgan fingerprint density at radius 1 is 1.42 bits per heavy atom. The van der Waals surface area contributed by atoms with Gasteiger partial charge >= 0.3 is 0 Å². The van der Waals surface area contributed by atoms with E-state index < -0.39 is 0 Å². The van der Waals surface area contributed by atoms with E-state index in [0.29, 0.717) is 17.9 Å². The second-order valence-electron chi connectivity index (χ2n) is 6.67. The average molecular weight is 266 g/mol. The third-order valence-electron chi connectivity index (χ3n) is 5.23. The fraction of sp³-hybridized carbons (Fsp3) is 0.938. The molecule has 110 valence electrons. The summed E-state index contributed by atoms with van der Waals surface area (Å²) in [5, 5.41) is 3.41. The SMILES string of the molecule is CCCC1CCCCN1C(=O)C1(C(C)C)CCNC1. The Morgan fingerprint density at radius 2 is 2.21 bits per heavy atom. The average Bonchev–Trinajstić information content (AvgIpc) is 2.89. The molecular weight excluding hydrogens is 236 g/mol. The van der Waals surface area contributed by atoms with Gasteiger partial charge in [-0.05, 0) is 44.6 Å². The summed E-state index contributed by atoms with van der Waals surface area (Å²) >= 11 is 0. The number of carbonyl (C=O) groups excluding carboxylic acids is 1. The lowest BCUT2D eigenvalue weighted by atomic mass is 9.74. The smallest absolute Gasteiger partial charge is 0.230 e. The number of nitrogens with zero attached hydrogens (tertiary/aromatic N) is 1. The summed E-state index contributed by atoms with van der Waals surface area (Å²) in [4.78, 5) is 15.4. The van der Waals surface area contributed by atoms with E-state index in [4.69, 9.17) is 0 Å². The van der Waals surface area contributed by atoms with Gasteiger partial charge in [0.2, 0.25) is 5.91 Å². The molecule has 1 amide bonds. The number of hydrogen-bond donors (Lipinski definition) is 1. The second kappa shape index (κ2) is 6.25. The molecule has 0 spiro atoms. The highest BCUT2D eigenvalue weighted by atomic mass is 16.2. The van der Waals surface area contributed by atoms with Crippen LogP contribution in [0.5, 0.6) is 0 Å². The van der Waals surface area contributed by atoms with Crippen LogP contribution in [0.15, 0.2) is 0 Å². The van der Waals surface area contributed by atoms with Gasteiger partial charge in [0.15, 0.2) is 0 Å². The van der Waals surface area contributed by atoms with E-state index in [2.05, 4.69) is 31.0 Å². The molecule has 2 aliphatic rings. The summed E-state index contributed by atoms with van der Waals surface area (Å²) in [6, 6.07) is 0.502. The lowest BCUT2D eigenvalue weighted by Crippen LogP contribution is -2.53. The summed E-state index contributed by atoms with van der Waals surface area (Å²) in [6.07, 6.45) is 7.06. The van der Waals surface area contributed by atoms with E-state index in [1.165, 1.54) is 32.1 Å². The first-order valence-corrected chi connectivity index (χ1v) is 8.13. The van der Waals surface area contributed by atoms with Crippen molar-refractivity contribution in [1.29, 1.82) is 0 Å². The summed E-state index contributed by atoms with van der Waals surface area (Å²) in [6.45, 7) is 9.51. The predicted molar refractivity (Wildman–Crippen MR) is 79.0 cm³/mol. The van der Waals surface area contributed by atoms with Gasteiger partial charge in [-0.15, -0.1) is 0 Å². The van der Waals surface area contributed by atoms with E-state index in [9.17, 15) is 4.79 Å². The zero-order chi connectivity index (χ0) is 13.9. The third kappa shape index (κ3) is 2.81. The molecule has 2 aliphatic heterocycles. The molecule has 2 rings (SSSR count). The number of piperidine rings is 1. The first-order valence-electron chi connectivity index (χ1n) is 8.13. The van der Waals surface area contributed by atoms with Gasteiger partial charge in [-0.25, -0.2) is 0 Å². The molecule has 19 heavy (non-hydrogen) atoms. The Bertz CT molecular complexity index is 306. The molecule has 0 aliphatic carbocycles. The molecule has 2 saturated heterocycles. The van der Waals surface area contributed by atoms with Gasteiger partial charge in [0.1, 0.15) is 0 Å². The lowest BCUT2D eigenvalue weighted by molar-refractivity contribution is -0.147. The zero-order valence-electron chi connectivity index (χ0n) is 12.9. The van der Waals surface area contributed by atoms with E-state index in [-0.39, 0.29) is 5.41 Å². The van der Waals surface area contributed by atoms with Crippen molar-refractivity contribution in [3.8, 4) is 0 Å². The summed E-state index contributed by atoms with van der Waals surface area (Å²) in [7, 11) is 0. The topological polar surface area (TPSA) is 32.3 Å². The van der Waals surface area contributed by atoms with Crippen LogP contribution in [-0.4, -0.2) is 36.5 Å². The standard InChI is InChI=1S/C16H30N2O/c1-4-7-14-8-5-6-11-18(14)15(19)16(13(2)3)9-10-17-12-16/h13-14,17H,4-12H2,1-3H3. The van der Waals surface area contributed by atoms with E-state index in [1.54, 1.807) is 0 Å². The molecule has 3 heteroatoms. The number of nitrogens with one attached hydrogen (secondary N) is 1. The molecule has 3 nitrogen and oxygen atoms in total. The maximum atomic E-state index is 13.1. The van der Waals surface area contributed by atoms with Gasteiger partial charge in [0.25, 0.3) is 0 Å². The molecule has 0 saturated carbocycles. The summed E-state index contributed by atoms with van der Waals surface area (Å²) < 4.78 is 0. The largest absolute Gasteiger partial charge is 0.339 e. The Kier molecular flexibility index (Phi) is 4.88. The van der Waals surface area contributed by atoms with Gasteiger partial charge in [0, 0.05) is 19.1 Å². The monoisotopic (exact) mass is 266 g/mol. The second-order valence-corrected chi connectivity index (χ2v) is 6.67. The molecular formula is C16H30N2O. The van der Waals surface area contributed by atoms with Crippen LogP contribution >= 0.6 is 0 Å². The molecule has 2 fully saturated rings. The Labute approximate surface area is 118 Å². The highest BCUT2D eigenvalue weighted by Gasteiger charge is 2.47. The summed E-state index contributed by atoms with van der Waals surface area (Å²) in [5.41, 5.74) is -0.136. The van der Waals surface area contributed by atoms with Crippen LogP contribution in [0.4, 0.5) is 0 Å². The van der Waals surface area contributed by atoms with Crippen LogP contribution in [0.2, 0.25) is 0 Å². The van der Waals surface area contributed by atoms with E-state index >= 15 is 0 Å². The van der Waals surface area contributed by atoms with E-state index in [1.807, 2.05) is 0 Å². The van der Waals surface area contributed by atoms with Crippen molar-refractivity contribution in [2.45, 2.75) is 65.3 Å². The summed E-state index contributed by atoms with van der Waals surface area (Å²) in [5.74, 6) is 0.866. The van der Waals surface area contributed by atoms with Crippen molar-refractivity contribution in [2.75, 3.05) is 19.6 Å². The quantitative estimate of drug-likeness (QED) is 0.848. The maximum Gasteiger partial charge on any atom is 0.230 e. The number of carbonyl (C=O) groups is 1. The number of hydrogen-bond acceptors (Lipinski definition) is 2. The van der Waals surface area contributed by atoms with Gasteiger partial charge < -0.3 is 10.2 Å². The van der Waals surface area contributed by atoms with Crippen LogP contribution in [0.25, 0.3) is 0 Å². The molecule has 0 aromatic carbocycles. The molecule has 2 unspecified atom stereocenters.